The number of amides is 1. The summed E-state index contributed by atoms with van der Waals surface area (Å²) >= 11 is 1.52. The van der Waals surface area contributed by atoms with E-state index in [1.165, 1.54) is 28.9 Å². The van der Waals surface area contributed by atoms with E-state index in [0.717, 1.165) is 24.1 Å². The van der Waals surface area contributed by atoms with Crippen LogP contribution in [0.1, 0.15) is 46.3 Å². The van der Waals surface area contributed by atoms with Crippen LogP contribution in [0.5, 0.6) is 0 Å². The van der Waals surface area contributed by atoms with Gasteiger partial charge < -0.3 is 9.64 Å². The van der Waals surface area contributed by atoms with Crippen molar-refractivity contribution in [2.24, 2.45) is 0 Å². The van der Waals surface area contributed by atoms with E-state index in [2.05, 4.69) is 6.92 Å². The van der Waals surface area contributed by atoms with Gasteiger partial charge in [-0.25, -0.2) is 4.79 Å². The maximum atomic E-state index is 12.6. The topological polar surface area (TPSA) is 46.6 Å². The Morgan fingerprint density at radius 3 is 2.80 bits per heavy atom. The van der Waals surface area contributed by atoms with E-state index >= 15 is 0 Å². The van der Waals surface area contributed by atoms with Gasteiger partial charge in [0.15, 0.2) is 0 Å². The van der Waals surface area contributed by atoms with Gasteiger partial charge in [-0.1, -0.05) is 6.92 Å². The van der Waals surface area contributed by atoms with Crippen molar-refractivity contribution in [1.82, 2.24) is 4.90 Å². The molecule has 110 valence electrons. The standard InChI is InChI=1S/C15H21NO3S/c1-4-11-9-13(20-10(11)2)14(17)16-8-6-5-7-12(16)15(18)19-3/h9,12H,4-8H2,1-3H3/t12-/m0/s1. The molecular formula is C15H21NO3S. The third-order valence-corrected chi connectivity index (χ3v) is 4.93. The highest BCUT2D eigenvalue weighted by molar-refractivity contribution is 7.14. The minimum Gasteiger partial charge on any atom is -0.467 e. The highest BCUT2D eigenvalue weighted by Gasteiger charge is 2.34. The molecule has 1 amide bonds. The van der Waals surface area contributed by atoms with Crippen LogP contribution in [-0.2, 0) is 16.0 Å². The Morgan fingerprint density at radius 2 is 2.20 bits per heavy atom. The number of hydrogen-bond donors (Lipinski definition) is 0. The van der Waals surface area contributed by atoms with Crippen molar-refractivity contribution in [3.63, 3.8) is 0 Å². The van der Waals surface area contributed by atoms with Crippen LogP contribution in [0.4, 0.5) is 0 Å². The number of aryl methyl sites for hydroxylation is 2. The lowest BCUT2D eigenvalue weighted by atomic mass is 10.0. The van der Waals surface area contributed by atoms with E-state index in [0.29, 0.717) is 13.0 Å². The summed E-state index contributed by atoms with van der Waals surface area (Å²) in [4.78, 5) is 28.1. The fraction of sp³-hybridized carbons (Fsp3) is 0.600. The number of likely N-dealkylation sites (tertiary alicyclic amines) is 1. The van der Waals surface area contributed by atoms with Crippen molar-refractivity contribution in [2.75, 3.05) is 13.7 Å². The van der Waals surface area contributed by atoms with E-state index in [1.54, 1.807) is 4.90 Å². The smallest absolute Gasteiger partial charge is 0.328 e. The van der Waals surface area contributed by atoms with E-state index in [-0.39, 0.29) is 11.9 Å². The zero-order valence-corrected chi connectivity index (χ0v) is 13.1. The fourth-order valence-electron chi connectivity index (χ4n) is 2.67. The Labute approximate surface area is 123 Å². The van der Waals surface area contributed by atoms with Crippen molar-refractivity contribution in [3.05, 3.63) is 21.4 Å². The summed E-state index contributed by atoms with van der Waals surface area (Å²) in [5.41, 5.74) is 1.21. The lowest BCUT2D eigenvalue weighted by Crippen LogP contribution is -2.48. The Balaban J connectivity index is 2.22. The Kier molecular flexibility index (Phi) is 4.81. The second-order valence-corrected chi connectivity index (χ2v) is 6.34. The number of piperidine rings is 1. The van der Waals surface area contributed by atoms with Crippen molar-refractivity contribution in [2.45, 2.75) is 45.6 Å². The molecule has 1 aliphatic rings. The molecule has 0 N–H and O–H groups in total. The number of esters is 1. The molecule has 4 nitrogen and oxygen atoms in total. The van der Waals surface area contributed by atoms with Crippen LogP contribution in [0.15, 0.2) is 6.07 Å². The van der Waals surface area contributed by atoms with Gasteiger partial charge in [-0.3, -0.25) is 4.79 Å². The molecular weight excluding hydrogens is 274 g/mol. The van der Waals surface area contributed by atoms with E-state index < -0.39 is 6.04 Å². The van der Waals surface area contributed by atoms with Gasteiger partial charge in [-0.15, -0.1) is 11.3 Å². The van der Waals surface area contributed by atoms with Gasteiger partial charge in [0.25, 0.3) is 5.91 Å². The summed E-state index contributed by atoms with van der Waals surface area (Å²) in [6, 6.07) is 1.54. The van der Waals surface area contributed by atoms with Gasteiger partial charge in [0.05, 0.1) is 12.0 Å². The largest absolute Gasteiger partial charge is 0.467 e. The van der Waals surface area contributed by atoms with Gasteiger partial charge in [0, 0.05) is 11.4 Å². The van der Waals surface area contributed by atoms with Crippen LogP contribution < -0.4 is 0 Å². The van der Waals surface area contributed by atoms with Crippen molar-refractivity contribution in [3.8, 4) is 0 Å². The summed E-state index contributed by atoms with van der Waals surface area (Å²) in [6.45, 7) is 4.76. The molecule has 5 heteroatoms. The van der Waals surface area contributed by atoms with Crippen LogP contribution in [0.2, 0.25) is 0 Å². The van der Waals surface area contributed by atoms with E-state index in [4.69, 9.17) is 4.74 Å². The maximum absolute atomic E-state index is 12.6. The normalized spacial score (nSPS) is 18.9. The van der Waals surface area contributed by atoms with Gasteiger partial charge >= 0.3 is 5.97 Å². The van der Waals surface area contributed by atoms with Crippen molar-refractivity contribution >= 4 is 23.2 Å². The monoisotopic (exact) mass is 295 g/mol. The molecule has 20 heavy (non-hydrogen) atoms. The molecule has 1 aliphatic heterocycles. The van der Waals surface area contributed by atoms with Crippen LogP contribution in [0.3, 0.4) is 0 Å². The molecule has 0 radical (unpaired) electrons. The number of thiophene rings is 1. The second kappa shape index (κ2) is 6.39. The molecule has 1 fully saturated rings. The summed E-state index contributed by atoms with van der Waals surface area (Å²) in [6.07, 6.45) is 3.54. The lowest BCUT2D eigenvalue weighted by Gasteiger charge is -2.33. The SMILES string of the molecule is CCc1cc(C(=O)N2CCCC[C@H]2C(=O)OC)sc1C. The quantitative estimate of drug-likeness (QED) is 0.806. The maximum Gasteiger partial charge on any atom is 0.328 e. The molecule has 0 saturated carbocycles. The zero-order chi connectivity index (χ0) is 14.7. The number of nitrogens with zero attached hydrogens (tertiary/aromatic N) is 1. The predicted octanol–water partition coefficient (Wildman–Crippen LogP) is 2.79. The minimum absolute atomic E-state index is 0.0344. The molecule has 0 spiro atoms. The van der Waals surface area contributed by atoms with Crippen LogP contribution in [0, 0.1) is 6.92 Å². The molecule has 0 unspecified atom stereocenters. The Morgan fingerprint density at radius 1 is 1.45 bits per heavy atom. The number of methoxy groups -OCH3 is 1. The molecule has 0 aromatic carbocycles. The van der Waals surface area contributed by atoms with Crippen LogP contribution in [0.25, 0.3) is 0 Å². The van der Waals surface area contributed by atoms with E-state index in [1.807, 2.05) is 13.0 Å². The van der Waals surface area contributed by atoms with Crippen LogP contribution in [-0.4, -0.2) is 36.5 Å². The summed E-state index contributed by atoms with van der Waals surface area (Å²) in [5.74, 6) is -0.338. The molecule has 1 aromatic heterocycles. The number of carbonyl (C=O) groups excluding carboxylic acids is 2. The van der Waals surface area contributed by atoms with Crippen molar-refractivity contribution < 1.29 is 14.3 Å². The molecule has 2 heterocycles. The molecule has 1 atom stereocenters. The third-order valence-electron chi connectivity index (χ3n) is 3.85. The summed E-state index contributed by atoms with van der Waals surface area (Å²) in [5, 5.41) is 0. The Bertz CT molecular complexity index is 509. The average Bonchev–Trinajstić information content (AvgIpc) is 2.86. The zero-order valence-electron chi connectivity index (χ0n) is 12.3. The molecule has 0 aliphatic carbocycles. The van der Waals surface area contributed by atoms with Gasteiger partial charge in [-0.05, 0) is 44.2 Å². The highest BCUT2D eigenvalue weighted by atomic mass is 32.1. The fourth-order valence-corrected chi connectivity index (χ4v) is 3.74. The number of rotatable bonds is 3. The highest BCUT2D eigenvalue weighted by Crippen LogP contribution is 2.26. The summed E-state index contributed by atoms with van der Waals surface area (Å²) in [7, 11) is 1.38. The van der Waals surface area contributed by atoms with Gasteiger partial charge in [-0.2, -0.15) is 0 Å². The average molecular weight is 295 g/mol. The molecule has 1 saturated heterocycles. The lowest BCUT2D eigenvalue weighted by molar-refractivity contribution is -0.147. The number of carbonyl (C=O) groups is 2. The number of ether oxygens (including phenoxy) is 1. The van der Waals surface area contributed by atoms with E-state index in [9.17, 15) is 9.59 Å². The first-order valence-corrected chi connectivity index (χ1v) is 7.88. The predicted molar refractivity (Wildman–Crippen MR) is 79.1 cm³/mol. The molecule has 1 aromatic rings. The number of hydrogen-bond acceptors (Lipinski definition) is 4. The first kappa shape index (κ1) is 15.0. The Hall–Kier alpha value is -1.36. The minimum atomic E-state index is -0.422. The molecule has 0 bridgehead atoms. The van der Waals surface area contributed by atoms with Crippen molar-refractivity contribution in [1.29, 1.82) is 0 Å². The summed E-state index contributed by atoms with van der Waals surface area (Å²) < 4.78 is 4.83. The van der Waals surface area contributed by atoms with Crippen LogP contribution >= 0.6 is 11.3 Å². The molecule has 2 rings (SSSR count). The van der Waals surface area contributed by atoms with Gasteiger partial charge in [0.2, 0.25) is 0 Å². The third kappa shape index (κ3) is 2.87. The second-order valence-electron chi connectivity index (χ2n) is 5.08. The first-order chi connectivity index (χ1) is 9.58. The first-order valence-electron chi connectivity index (χ1n) is 7.06. The van der Waals surface area contributed by atoms with Gasteiger partial charge in [0.1, 0.15) is 6.04 Å².